The minimum atomic E-state index is -4.53. The zero-order valence-electron chi connectivity index (χ0n) is 20.7. The Labute approximate surface area is 224 Å². The van der Waals surface area contributed by atoms with Crippen LogP contribution in [0.2, 0.25) is 0 Å². The molecule has 0 radical (unpaired) electrons. The van der Waals surface area contributed by atoms with E-state index < -0.39 is 23.7 Å². The molecular formula is C32H19F3N4. The Balaban J connectivity index is 1.84. The van der Waals surface area contributed by atoms with Crippen molar-refractivity contribution in [2.45, 2.75) is 25.1 Å². The van der Waals surface area contributed by atoms with Crippen LogP contribution in [0.5, 0.6) is 0 Å². The monoisotopic (exact) mass is 516 g/mol. The Bertz CT molecular complexity index is 1710. The smallest absolute Gasteiger partial charge is 0.296 e. The van der Waals surface area contributed by atoms with E-state index in [1.165, 1.54) is 24.3 Å². The van der Waals surface area contributed by atoms with Crippen molar-refractivity contribution >= 4 is 5.69 Å². The standard InChI is InChI=1S/C32H19F3N4/c1-20-6-4-7-21(14-20)28-13-11-24(17-29(28)38-2)31(30(19-37)39-3)23-10-12-27(25(15-23)18-36)22-8-5-9-26(16-22)32(33,34)35/h4-17,30-31H,1H3. The van der Waals surface area contributed by atoms with Crippen LogP contribution in [-0.2, 0) is 6.18 Å². The molecule has 0 fully saturated rings. The van der Waals surface area contributed by atoms with Gasteiger partial charge in [-0.05, 0) is 58.5 Å². The Morgan fingerprint density at radius 2 is 1.44 bits per heavy atom. The molecule has 0 heterocycles. The van der Waals surface area contributed by atoms with E-state index in [-0.39, 0.29) is 11.1 Å². The summed E-state index contributed by atoms with van der Waals surface area (Å²) in [5, 5.41) is 19.6. The summed E-state index contributed by atoms with van der Waals surface area (Å²) in [6, 6.07) is 25.2. The molecule has 7 heteroatoms. The Morgan fingerprint density at radius 3 is 2.03 bits per heavy atom. The van der Waals surface area contributed by atoms with Gasteiger partial charge >= 0.3 is 12.2 Å². The highest BCUT2D eigenvalue weighted by molar-refractivity contribution is 5.80. The minimum Gasteiger partial charge on any atom is -0.296 e. The Morgan fingerprint density at radius 1 is 0.795 bits per heavy atom. The third kappa shape index (κ3) is 5.50. The second-order valence-electron chi connectivity index (χ2n) is 8.93. The lowest BCUT2D eigenvalue weighted by molar-refractivity contribution is -0.137. The van der Waals surface area contributed by atoms with Gasteiger partial charge in [0.05, 0.1) is 29.7 Å². The second kappa shape index (κ2) is 10.9. The van der Waals surface area contributed by atoms with Gasteiger partial charge in [-0.25, -0.2) is 11.4 Å². The van der Waals surface area contributed by atoms with Gasteiger partial charge in [0.2, 0.25) is 0 Å². The van der Waals surface area contributed by atoms with Gasteiger partial charge in [0.1, 0.15) is 0 Å². The van der Waals surface area contributed by atoms with E-state index in [9.17, 15) is 23.7 Å². The molecule has 0 aromatic heterocycles. The van der Waals surface area contributed by atoms with Gasteiger partial charge in [-0.15, -0.1) is 0 Å². The molecule has 0 bridgehead atoms. The maximum absolute atomic E-state index is 13.3. The predicted molar refractivity (Wildman–Crippen MR) is 142 cm³/mol. The van der Waals surface area contributed by atoms with Gasteiger partial charge in [-0.3, -0.25) is 4.85 Å². The highest BCUT2D eigenvalue weighted by Gasteiger charge is 2.32. The number of halogens is 3. The van der Waals surface area contributed by atoms with Gasteiger partial charge in [0.25, 0.3) is 0 Å². The van der Waals surface area contributed by atoms with Gasteiger partial charge in [-0.1, -0.05) is 72.3 Å². The fourth-order valence-electron chi connectivity index (χ4n) is 4.59. The molecule has 4 rings (SSSR count). The number of nitriles is 2. The SMILES string of the molecule is [C-]#[N+]c1cc(C(c2ccc(-c3cccc(C(F)(F)F)c3)c(C#N)c2)C(C#N)[N+]#[C-])ccc1-c1cccc(C)c1. The molecule has 0 saturated carbocycles. The van der Waals surface area contributed by atoms with Crippen molar-refractivity contribution in [2.24, 2.45) is 0 Å². The average Bonchev–Trinajstić information content (AvgIpc) is 2.94. The summed E-state index contributed by atoms with van der Waals surface area (Å²) in [7, 11) is 0. The van der Waals surface area contributed by atoms with Crippen LogP contribution in [0.25, 0.3) is 31.9 Å². The van der Waals surface area contributed by atoms with Crippen molar-refractivity contribution in [3.8, 4) is 34.4 Å². The first-order valence-electron chi connectivity index (χ1n) is 11.8. The summed E-state index contributed by atoms with van der Waals surface area (Å²) in [5.74, 6) is -0.790. The number of hydrogen-bond donors (Lipinski definition) is 0. The van der Waals surface area contributed by atoms with Crippen LogP contribution in [-0.4, -0.2) is 6.04 Å². The molecule has 0 saturated heterocycles. The van der Waals surface area contributed by atoms with E-state index in [1.54, 1.807) is 24.3 Å². The molecule has 0 amide bonds. The zero-order chi connectivity index (χ0) is 28.2. The van der Waals surface area contributed by atoms with Gasteiger partial charge in [0, 0.05) is 0 Å². The van der Waals surface area contributed by atoms with Crippen LogP contribution in [0, 0.1) is 42.7 Å². The summed E-state index contributed by atoms with van der Waals surface area (Å²) >= 11 is 0. The van der Waals surface area contributed by atoms with E-state index in [4.69, 9.17) is 13.1 Å². The van der Waals surface area contributed by atoms with Crippen molar-refractivity contribution < 1.29 is 13.2 Å². The van der Waals surface area contributed by atoms with Crippen LogP contribution in [0.4, 0.5) is 18.9 Å². The number of nitrogens with zero attached hydrogens (tertiary/aromatic N) is 4. The lowest BCUT2D eigenvalue weighted by atomic mass is 9.83. The molecule has 188 valence electrons. The lowest BCUT2D eigenvalue weighted by Gasteiger charge is -2.19. The zero-order valence-corrected chi connectivity index (χ0v) is 20.7. The topological polar surface area (TPSA) is 56.3 Å². The largest absolute Gasteiger partial charge is 0.416 e. The average molecular weight is 517 g/mol. The summed E-state index contributed by atoms with van der Waals surface area (Å²) < 4.78 is 39.8. The fourth-order valence-corrected chi connectivity index (χ4v) is 4.59. The molecule has 2 atom stereocenters. The highest BCUT2D eigenvalue weighted by Crippen LogP contribution is 2.39. The summed E-state index contributed by atoms with van der Waals surface area (Å²) in [6.07, 6.45) is -4.53. The van der Waals surface area contributed by atoms with Crippen molar-refractivity contribution in [2.75, 3.05) is 0 Å². The number of benzene rings is 4. The predicted octanol–water partition coefficient (Wildman–Crippen LogP) is 8.71. The maximum atomic E-state index is 13.3. The normalized spacial score (nSPS) is 12.3. The molecular weight excluding hydrogens is 497 g/mol. The Kier molecular flexibility index (Phi) is 7.48. The number of hydrogen-bond acceptors (Lipinski definition) is 2. The first kappa shape index (κ1) is 26.7. The molecule has 4 nitrogen and oxygen atoms in total. The first-order valence-corrected chi connectivity index (χ1v) is 11.8. The minimum absolute atomic E-state index is 0.111. The van der Waals surface area contributed by atoms with E-state index in [2.05, 4.69) is 9.69 Å². The van der Waals surface area contributed by atoms with E-state index >= 15 is 0 Å². The third-order valence-electron chi connectivity index (χ3n) is 6.44. The van der Waals surface area contributed by atoms with E-state index in [0.29, 0.717) is 27.9 Å². The molecule has 4 aromatic rings. The first-order chi connectivity index (χ1) is 18.7. The molecule has 0 aliphatic rings. The number of aryl methyl sites for hydroxylation is 1. The summed E-state index contributed by atoms with van der Waals surface area (Å²) in [5.41, 5.74) is 3.80. The number of rotatable bonds is 5. The fraction of sp³-hybridized carbons (Fsp3) is 0.125. The van der Waals surface area contributed by atoms with Crippen molar-refractivity contribution in [1.29, 1.82) is 10.5 Å². The highest BCUT2D eigenvalue weighted by atomic mass is 19.4. The van der Waals surface area contributed by atoms with Crippen LogP contribution < -0.4 is 0 Å². The second-order valence-corrected chi connectivity index (χ2v) is 8.93. The van der Waals surface area contributed by atoms with Gasteiger partial charge < -0.3 is 0 Å². The Hall–Kier alpha value is -5.37. The van der Waals surface area contributed by atoms with Crippen molar-refractivity contribution in [1.82, 2.24) is 0 Å². The third-order valence-corrected chi connectivity index (χ3v) is 6.44. The van der Waals surface area contributed by atoms with Gasteiger partial charge in [-0.2, -0.15) is 23.7 Å². The van der Waals surface area contributed by atoms with Crippen molar-refractivity contribution in [3.63, 3.8) is 0 Å². The molecule has 39 heavy (non-hydrogen) atoms. The lowest BCUT2D eigenvalue weighted by Crippen LogP contribution is -2.15. The van der Waals surface area contributed by atoms with Crippen LogP contribution in [0.15, 0.2) is 84.9 Å². The quantitative estimate of drug-likeness (QED) is 0.249. The van der Waals surface area contributed by atoms with Gasteiger partial charge in [0.15, 0.2) is 11.8 Å². The summed E-state index contributed by atoms with van der Waals surface area (Å²) in [4.78, 5) is 7.17. The molecule has 2 unspecified atom stereocenters. The van der Waals surface area contributed by atoms with E-state index in [0.717, 1.165) is 23.3 Å². The molecule has 0 N–H and O–H groups in total. The van der Waals surface area contributed by atoms with E-state index in [1.807, 2.05) is 43.3 Å². The van der Waals surface area contributed by atoms with Crippen LogP contribution >= 0.6 is 0 Å². The molecule has 0 aliphatic carbocycles. The molecule has 0 spiro atoms. The molecule has 0 aliphatic heterocycles. The maximum Gasteiger partial charge on any atom is 0.416 e. The van der Waals surface area contributed by atoms with Crippen LogP contribution in [0.1, 0.15) is 33.7 Å². The number of alkyl halides is 3. The van der Waals surface area contributed by atoms with Crippen LogP contribution in [0.3, 0.4) is 0 Å². The summed E-state index contributed by atoms with van der Waals surface area (Å²) in [6.45, 7) is 17.3. The molecule has 4 aromatic carbocycles. The van der Waals surface area contributed by atoms with Crippen molar-refractivity contribution in [3.05, 3.63) is 136 Å².